The average Bonchev–Trinajstić information content (AvgIpc) is 3.51. The molecule has 0 aliphatic rings. The number of rotatable bonds is 4. The van der Waals surface area contributed by atoms with Crippen molar-refractivity contribution in [1.82, 2.24) is 15.0 Å². The molecule has 0 fully saturated rings. The second kappa shape index (κ2) is 10.5. The van der Waals surface area contributed by atoms with Gasteiger partial charge in [-0.1, -0.05) is 146 Å². The predicted molar refractivity (Wildman–Crippen MR) is 189 cm³/mol. The first kappa shape index (κ1) is 25.8. The van der Waals surface area contributed by atoms with E-state index < -0.39 is 0 Å². The Hall–Kier alpha value is -5.71. The normalized spacial score (nSPS) is 11.6. The molecule has 210 valence electrons. The summed E-state index contributed by atoms with van der Waals surface area (Å²) in [5.41, 5.74) is 5.30. The number of hydrogen-bond acceptors (Lipinski definition) is 4. The van der Waals surface area contributed by atoms with Crippen LogP contribution in [0, 0.1) is 0 Å². The highest BCUT2D eigenvalue weighted by molar-refractivity contribution is 7.26. The first-order valence-corrected chi connectivity index (χ1v) is 15.9. The smallest absolute Gasteiger partial charge is 0.164 e. The summed E-state index contributed by atoms with van der Waals surface area (Å²) in [6, 6.07) is 53.2. The van der Waals surface area contributed by atoms with Crippen LogP contribution in [0.25, 0.3) is 87.0 Å². The van der Waals surface area contributed by atoms with Crippen LogP contribution in [0.3, 0.4) is 0 Å². The van der Waals surface area contributed by atoms with Crippen LogP contribution in [0.15, 0.2) is 152 Å². The minimum atomic E-state index is 0.657. The van der Waals surface area contributed by atoms with Gasteiger partial charge in [0.05, 0.1) is 0 Å². The van der Waals surface area contributed by atoms with Crippen LogP contribution < -0.4 is 0 Å². The van der Waals surface area contributed by atoms with E-state index in [0.29, 0.717) is 17.5 Å². The van der Waals surface area contributed by atoms with Crippen molar-refractivity contribution < 1.29 is 0 Å². The van der Waals surface area contributed by atoms with E-state index in [4.69, 9.17) is 15.0 Å². The molecule has 4 heteroatoms. The summed E-state index contributed by atoms with van der Waals surface area (Å²) >= 11 is 1.83. The van der Waals surface area contributed by atoms with Gasteiger partial charge < -0.3 is 0 Å². The quantitative estimate of drug-likeness (QED) is 0.204. The van der Waals surface area contributed by atoms with E-state index in [9.17, 15) is 0 Å². The zero-order valence-corrected chi connectivity index (χ0v) is 25.0. The number of benzene rings is 7. The van der Waals surface area contributed by atoms with Crippen LogP contribution in [0.5, 0.6) is 0 Å². The maximum absolute atomic E-state index is 5.20. The van der Waals surface area contributed by atoms with Crippen molar-refractivity contribution >= 4 is 53.1 Å². The van der Waals surface area contributed by atoms with E-state index in [-0.39, 0.29) is 0 Å². The van der Waals surface area contributed by atoms with Crippen molar-refractivity contribution in [2.45, 2.75) is 0 Å². The third kappa shape index (κ3) is 4.38. The maximum Gasteiger partial charge on any atom is 0.164 e. The Bertz CT molecular complexity index is 2530. The van der Waals surface area contributed by atoms with Gasteiger partial charge in [-0.3, -0.25) is 0 Å². The Kier molecular flexibility index (Phi) is 6.00. The molecule has 9 aromatic rings. The Morgan fingerprint density at radius 3 is 1.76 bits per heavy atom. The molecule has 0 bridgehead atoms. The zero-order valence-electron chi connectivity index (χ0n) is 24.2. The molecule has 0 saturated heterocycles. The standard InChI is InChI=1S/C41H25N3S/c1-2-10-26(11-3-1)27-20-22-30(23-21-27)39-42-40(33-17-8-14-28-12-4-6-15-31(28)33)44-41(43-39)35-18-9-19-36-37(35)34-25-24-29-13-5-7-16-32(29)38(34)45-36/h1-25H. The summed E-state index contributed by atoms with van der Waals surface area (Å²) in [7, 11) is 0. The number of hydrogen-bond donors (Lipinski definition) is 0. The van der Waals surface area contributed by atoms with Gasteiger partial charge in [-0.2, -0.15) is 0 Å². The third-order valence-electron chi connectivity index (χ3n) is 8.54. The first-order chi connectivity index (χ1) is 22.3. The zero-order chi connectivity index (χ0) is 29.7. The van der Waals surface area contributed by atoms with Gasteiger partial charge in [-0.05, 0) is 38.7 Å². The van der Waals surface area contributed by atoms with Crippen molar-refractivity contribution in [3.63, 3.8) is 0 Å². The minimum absolute atomic E-state index is 0.657. The minimum Gasteiger partial charge on any atom is -0.208 e. The van der Waals surface area contributed by atoms with Crippen molar-refractivity contribution in [2.75, 3.05) is 0 Å². The highest BCUT2D eigenvalue weighted by Crippen LogP contribution is 2.42. The van der Waals surface area contributed by atoms with Crippen LogP contribution in [0.1, 0.15) is 0 Å². The maximum atomic E-state index is 5.20. The molecule has 0 aliphatic heterocycles. The molecule has 2 aromatic heterocycles. The van der Waals surface area contributed by atoms with E-state index in [0.717, 1.165) is 33.0 Å². The molecule has 0 radical (unpaired) electrons. The van der Waals surface area contributed by atoms with Crippen LogP contribution in [0.2, 0.25) is 0 Å². The van der Waals surface area contributed by atoms with E-state index in [1.807, 2.05) is 17.4 Å². The summed E-state index contributed by atoms with van der Waals surface area (Å²) in [5, 5.41) is 7.21. The Balaban J connectivity index is 1.29. The van der Waals surface area contributed by atoms with Gasteiger partial charge in [0.25, 0.3) is 0 Å². The lowest BCUT2D eigenvalue weighted by molar-refractivity contribution is 1.08. The topological polar surface area (TPSA) is 38.7 Å². The van der Waals surface area contributed by atoms with Gasteiger partial charge in [0.15, 0.2) is 17.5 Å². The Morgan fingerprint density at radius 2 is 0.933 bits per heavy atom. The average molecular weight is 592 g/mol. The Morgan fingerprint density at radius 1 is 0.356 bits per heavy atom. The van der Waals surface area contributed by atoms with E-state index in [1.54, 1.807) is 0 Å². The SMILES string of the molecule is c1ccc(-c2ccc(-c3nc(-c4cccc5ccccc45)nc(-c4cccc5sc6c7ccccc7ccc6c45)n3)cc2)cc1. The molecule has 0 atom stereocenters. The van der Waals surface area contributed by atoms with Gasteiger partial charge in [0.1, 0.15) is 0 Å². The van der Waals surface area contributed by atoms with Gasteiger partial charge in [-0.15, -0.1) is 11.3 Å². The summed E-state index contributed by atoms with van der Waals surface area (Å²) in [6.07, 6.45) is 0. The van der Waals surface area contributed by atoms with E-state index in [2.05, 4.69) is 146 Å². The molecular formula is C41H25N3S. The molecule has 0 amide bonds. The van der Waals surface area contributed by atoms with Gasteiger partial charge in [0, 0.05) is 36.9 Å². The molecule has 3 nitrogen and oxygen atoms in total. The van der Waals surface area contributed by atoms with Crippen LogP contribution in [-0.2, 0) is 0 Å². The lowest BCUT2D eigenvalue weighted by Gasteiger charge is -2.11. The molecule has 0 unspecified atom stereocenters. The van der Waals surface area contributed by atoms with Gasteiger partial charge >= 0.3 is 0 Å². The number of thiophene rings is 1. The molecule has 7 aromatic carbocycles. The van der Waals surface area contributed by atoms with E-state index in [1.165, 1.54) is 36.5 Å². The fourth-order valence-corrected chi connectivity index (χ4v) is 7.61. The largest absolute Gasteiger partial charge is 0.208 e. The third-order valence-corrected chi connectivity index (χ3v) is 9.75. The Labute approximate surface area is 264 Å². The highest BCUT2D eigenvalue weighted by atomic mass is 32.1. The van der Waals surface area contributed by atoms with Crippen molar-refractivity contribution in [3.05, 3.63) is 152 Å². The molecule has 2 heterocycles. The second-order valence-electron chi connectivity index (χ2n) is 11.2. The first-order valence-electron chi connectivity index (χ1n) is 15.0. The van der Waals surface area contributed by atoms with Gasteiger partial charge in [0.2, 0.25) is 0 Å². The van der Waals surface area contributed by atoms with Crippen LogP contribution in [-0.4, -0.2) is 15.0 Å². The van der Waals surface area contributed by atoms with Crippen molar-refractivity contribution in [3.8, 4) is 45.3 Å². The lowest BCUT2D eigenvalue weighted by Crippen LogP contribution is -2.01. The van der Waals surface area contributed by atoms with Crippen molar-refractivity contribution in [2.24, 2.45) is 0 Å². The summed E-state index contributed by atoms with van der Waals surface area (Å²) in [5.74, 6) is 2.00. The number of nitrogens with zero attached hydrogens (tertiary/aromatic N) is 3. The fraction of sp³-hybridized carbons (Fsp3) is 0. The summed E-state index contributed by atoms with van der Waals surface area (Å²) < 4.78 is 2.51. The molecular weight excluding hydrogens is 567 g/mol. The summed E-state index contributed by atoms with van der Waals surface area (Å²) in [4.78, 5) is 15.5. The molecule has 0 spiro atoms. The fourth-order valence-electron chi connectivity index (χ4n) is 6.35. The van der Waals surface area contributed by atoms with Crippen LogP contribution >= 0.6 is 11.3 Å². The summed E-state index contributed by atoms with van der Waals surface area (Å²) in [6.45, 7) is 0. The molecule has 0 aliphatic carbocycles. The second-order valence-corrected chi connectivity index (χ2v) is 12.3. The molecule has 9 rings (SSSR count). The van der Waals surface area contributed by atoms with E-state index >= 15 is 0 Å². The van der Waals surface area contributed by atoms with Gasteiger partial charge in [-0.25, -0.2) is 15.0 Å². The molecule has 0 N–H and O–H groups in total. The number of fused-ring (bicyclic) bond motifs is 6. The van der Waals surface area contributed by atoms with Crippen molar-refractivity contribution in [1.29, 1.82) is 0 Å². The lowest BCUT2D eigenvalue weighted by atomic mass is 10.0. The molecule has 45 heavy (non-hydrogen) atoms. The molecule has 0 saturated carbocycles. The predicted octanol–water partition coefficient (Wildman–Crippen LogP) is 11.2. The monoisotopic (exact) mass is 591 g/mol. The van der Waals surface area contributed by atoms with Crippen LogP contribution in [0.4, 0.5) is 0 Å². The highest BCUT2D eigenvalue weighted by Gasteiger charge is 2.18. The number of aromatic nitrogens is 3.